The van der Waals surface area contributed by atoms with E-state index in [-0.39, 0.29) is 23.9 Å². The van der Waals surface area contributed by atoms with Gasteiger partial charge in [0.05, 0.1) is 11.1 Å². The second-order valence-electron chi connectivity index (χ2n) is 9.70. The molecule has 0 aliphatic rings. The van der Waals surface area contributed by atoms with Gasteiger partial charge in [0.15, 0.2) is 5.78 Å². The fourth-order valence-electron chi connectivity index (χ4n) is 4.76. The molecule has 5 rings (SSSR count). The number of amides is 1. The van der Waals surface area contributed by atoms with Gasteiger partial charge in [-0.25, -0.2) is 4.39 Å². The van der Waals surface area contributed by atoms with Crippen molar-refractivity contribution in [1.29, 1.82) is 0 Å². The van der Waals surface area contributed by atoms with Crippen molar-refractivity contribution in [2.24, 2.45) is 5.41 Å². The van der Waals surface area contributed by atoms with E-state index in [9.17, 15) is 14.0 Å². The van der Waals surface area contributed by atoms with Crippen molar-refractivity contribution in [3.63, 3.8) is 0 Å². The monoisotopic (exact) mass is 506 g/mol. The van der Waals surface area contributed by atoms with Gasteiger partial charge in [0, 0.05) is 52.5 Å². The number of hydrogen-bond acceptors (Lipinski definition) is 3. The summed E-state index contributed by atoms with van der Waals surface area (Å²) in [5, 5.41) is 4.11. The van der Waals surface area contributed by atoms with Crippen LogP contribution in [0.4, 0.5) is 4.39 Å². The number of rotatable bonds is 7. The van der Waals surface area contributed by atoms with Crippen LogP contribution in [-0.4, -0.2) is 23.7 Å². The highest BCUT2D eigenvalue weighted by Crippen LogP contribution is 2.41. The first kappa shape index (κ1) is 25.0. The molecule has 0 aliphatic heterocycles. The highest BCUT2D eigenvalue weighted by Gasteiger charge is 2.26. The molecular formula is C32H27FN2O3. The number of nitrogens with one attached hydrogen (secondary N) is 2. The summed E-state index contributed by atoms with van der Waals surface area (Å²) < 4.78 is 19.9. The van der Waals surface area contributed by atoms with Gasteiger partial charge in [0.1, 0.15) is 17.2 Å². The van der Waals surface area contributed by atoms with Crippen LogP contribution < -0.4 is 5.32 Å². The van der Waals surface area contributed by atoms with E-state index >= 15 is 0 Å². The van der Waals surface area contributed by atoms with E-state index in [0.717, 1.165) is 22.0 Å². The van der Waals surface area contributed by atoms with E-state index in [2.05, 4.69) is 16.2 Å². The summed E-state index contributed by atoms with van der Waals surface area (Å²) in [6.45, 7) is 3.90. The van der Waals surface area contributed by atoms with Crippen molar-refractivity contribution < 1.29 is 18.4 Å². The SMILES string of the molecule is C#CC(C)(CC)CC(=O)c1cccc(-c2cc3c(C(=O)NC)c(-c4ccc(F)cc4)oc3c3cc[nH]c23)c1. The zero-order valence-electron chi connectivity index (χ0n) is 21.4. The smallest absolute Gasteiger partial charge is 0.255 e. The van der Waals surface area contributed by atoms with Gasteiger partial charge in [0.25, 0.3) is 5.91 Å². The Morgan fingerprint density at radius 1 is 1.08 bits per heavy atom. The topological polar surface area (TPSA) is 75.1 Å². The second kappa shape index (κ2) is 9.68. The van der Waals surface area contributed by atoms with E-state index in [1.807, 2.05) is 50.4 Å². The first-order valence-corrected chi connectivity index (χ1v) is 12.4. The maximum absolute atomic E-state index is 13.6. The number of H-pyrrole nitrogens is 1. The molecule has 2 N–H and O–H groups in total. The first-order valence-electron chi connectivity index (χ1n) is 12.4. The van der Waals surface area contributed by atoms with Crippen LogP contribution in [0.15, 0.2) is 71.3 Å². The second-order valence-corrected chi connectivity index (χ2v) is 9.70. The Bertz CT molecular complexity index is 1740. The molecule has 1 unspecified atom stereocenters. The summed E-state index contributed by atoms with van der Waals surface area (Å²) in [5.41, 5.74) is 4.01. The quantitative estimate of drug-likeness (QED) is 0.179. The molecule has 1 amide bonds. The Labute approximate surface area is 220 Å². The fourth-order valence-corrected chi connectivity index (χ4v) is 4.76. The first-order chi connectivity index (χ1) is 18.3. The maximum atomic E-state index is 13.6. The minimum absolute atomic E-state index is 0.0223. The number of hydrogen-bond donors (Lipinski definition) is 2. The molecule has 0 saturated carbocycles. The van der Waals surface area contributed by atoms with Crippen LogP contribution in [0.3, 0.4) is 0 Å². The molecule has 5 aromatic rings. The normalized spacial score (nSPS) is 12.8. The predicted molar refractivity (Wildman–Crippen MR) is 148 cm³/mol. The van der Waals surface area contributed by atoms with E-state index in [1.165, 1.54) is 12.1 Å². The van der Waals surface area contributed by atoms with Crippen LogP contribution >= 0.6 is 0 Å². The van der Waals surface area contributed by atoms with Crippen LogP contribution in [0.5, 0.6) is 0 Å². The minimum atomic E-state index is -0.505. The van der Waals surface area contributed by atoms with Crippen LogP contribution in [0.2, 0.25) is 0 Å². The van der Waals surface area contributed by atoms with Crippen LogP contribution in [-0.2, 0) is 0 Å². The summed E-state index contributed by atoms with van der Waals surface area (Å²) in [5.74, 6) is 2.40. The largest absolute Gasteiger partial charge is 0.454 e. The molecular weight excluding hydrogens is 479 g/mol. The van der Waals surface area contributed by atoms with Gasteiger partial charge in [-0.3, -0.25) is 9.59 Å². The molecule has 6 heteroatoms. The number of aromatic nitrogens is 1. The molecule has 190 valence electrons. The number of benzene rings is 3. The lowest BCUT2D eigenvalue weighted by Gasteiger charge is -2.20. The molecule has 3 aromatic carbocycles. The Balaban J connectivity index is 1.71. The van der Waals surface area contributed by atoms with E-state index in [1.54, 1.807) is 25.2 Å². The van der Waals surface area contributed by atoms with E-state index < -0.39 is 5.41 Å². The molecule has 5 nitrogen and oxygen atoms in total. The molecule has 0 spiro atoms. The third-order valence-electron chi connectivity index (χ3n) is 7.23. The van der Waals surface area contributed by atoms with E-state index in [4.69, 9.17) is 10.8 Å². The van der Waals surface area contributed by atoms with Gasteiger partial charge in [0.2, 0.25) is 0 Å². The number of carbonyl (C=O) groups excluding carboxylic acids is 2. The number of carbonyl (C=O) groups is 2. The molecule has 0 aliphatic carbocycles. The van der Waals surface area contributed by atoms with Crippen molar-refractivity contribution in [3.8, 4) is 34.8 Å². The Kier molecular flexibility index (Phi) is 6.38. The zero-order chi connectivity index (χ0) is 27.0. The van der Waals surface area contributed by atoms with Gasteiger partial charge < -0.3 is 14.7 Å². The number of Topliss-reactive ketones (excluding diaryl/α,β-unsaturated/α-hetero) is 1. The molecule has 0 bridgehead atoms. The predicted octanol–water partition coefficient (Wildman–Crippen LogP) is 7.37. The van der Waals surface area contributed by atoms with Crippen LogP contribution in [0.1, 0.15) is 47.4 Å². The third-order valence-corrected chi connectivity index (χ3v) is 7.23. The Morgan fingerprint density at radius 2 is 1.84 bits per heavy atom. The van der Waals surface area contributed by atoms with Gasteiger partial charge in [-0.1, -0.05) is 31.0 Å². The lowest BCUT2D eigenvalue weighted by molar-refractivity contribution is 0.0942. The molecule has 38 heavy (non-hydrogen) atoms. The summed E-state index contributed by atoms with van der Waals surface area (Å²) in [7, 11) is 1.56. The Hall–Kier alpha value is -4.63. The average Bonchev–Trinajstić information content (AvgIpc) is 3.58. The van der Waals surface area contributed by atoms with Crippen molar-refractivity contribution in [1.82, 2.24) is 10.3 Å². The number of furan rings is 1. The molecule has 0 saturated heterocycles. The summed E-state index contributed by atoms with van der Waals surface area (Å²) in [6.07, 6.45) is 8.47. The number of aromatic amines is 1. The van der Waals surface area contributed by atoms with Gasteiger partial charge in [-0.15, -0.1) is 6.42 Å². The number of halogens is 1. The summed E-state index contributed by atoms with van der Waals surface area (Å²) in [4.78, 5) is 29.5. The highest BCUT2D eigenvalue weighted by molar-refractivity contribution is 6.19. The molecule has 0 radical (unpaired) electrons. The van der Waals surface area contributed by atoms with Crippen LogP contribution in [0.25, 0.3) is 44.3 Å². The lowest BCUT2D eigenvalue weighted by atomic mass is 9.82. The zero-order valence-corrected chi connectivity index (χ0v) is 21.4. The van der Waals surface area contributed by atoms with Gasteiger partial charge in [-0.2, -0.15) is 0 Å². The molecule has 2 heterocycles. The third kappa shape index (κ3) is 4.26. The molecule has 1 atom stereocenters. The number of terminal acetylenes is 1. The number of ketones is 1. The Morgan fingerprint density at radius 3 is 2.53 bits per heavy atom. The summed E-state index contributed by atoms with van der Waals surface area (Å²) >= 11 is 0. The standard InChI is InChI=1S/C32H27FN2O3/c1-5-32(3,6-2)18-26(36)21-9-7-8-20(16-21)24-17-25-27(31(37)34-4)29(19-10-12-22(33)13-11-19)38-30(25)23-14-15-35-28(23)24/h1,7-17,35H,6,18H2,2-4H3,(H,34,37). The van der Waals surface area contributed by atoms with Crippen molar-refractivity contribution in [2.45, 2.75) is 26.7 Å². The maximum Gasteiger partial charge on any atom is 0.255 e. The highest BCUT2D eigenvalue weighted by atomic mass is 19.1. The number of fused-ring (bicyclic) bond motifs is 3. The van der Waals surface area contributed by atoms with Crippen LogP contribution in [0, 0.1) is 23.6 Å². The van der Waals surface area contributed by atoms with Crippen molar-refractivity contribution in [2.75, 3.05) is 7.05 Å². The fraction of sp³-hybridized carbons (Fsp3) is 0.188. The molecule has 0 fully saturated rings. The lowest BCUT2D eigenvalue weighted by Crippen LogP contribution is -2.18. The van der Waals surface area contributed by atoms with Crippen molar-refractivity contribution in [3.05, 3.63) is 83.8 Å². The minimum Gasteiger partial charge on any atom is -0.454 e. The van der Waals surface area contributed by atoms with E-state index in [0.29, 0.717) is 39.8 Å². The average molecular weight is 507 g/mol. The van der Waals surface area contributed by atoms with Crippen molar-refractivity contribution >= 4 is 33.6 Å². The molecule has 2 aromatic heterocycles. The van der Waals surface area contributed by atoms with Gasteiger partial charge in [-0.05, 0) is 61.4 Å². The van der Waals surface area contributed by atoms with Gasteiger partial charge >= 0.3 is 0 Å². The summed E-state index contributed by atoms with van der Waals surface area (Å²) in [6, 6.07) is 17.1.